The van der Waals surface area contributed by atoms with Crippen LogP contribution in [0, 0.1) is 0 Å². The number of carbonyl (C=O) groups excluding carboxylic acids is 2. The summed E-state index contributed by atoms with van der Waals surface area (Å²) in [6.07, 6.45) is 4.82. The Morgan fingerprint density at radius 3 is 2.41 bits per heavy atom. The Morgan fingerprint density at radius 1 is 1.14 bits per heavy atom. The molecule has 1 aromatic heterocycles. The molecule has 2 unspecified atom stereocenters. The van der Waals surface area contributed by atoms with Gasteiger partial charge in [-0.05, 0) is 70.0 Å². The van der Waals surface area contributed by atoms with Crippen molar-refractivity contribution in [2.24, 2.45) is 0 Å². The van der Waals surface area contributed by atoms with E-state index in [2.05, 4.69) is 20.9 Å². The SMILES string of the molecule is CC(C)(C)OC(=O)NC(c1ccc(C(=O)Nc2ccncc2)cc1)C1CCCN1. The molecule has 2 aromatic rings. The number of ether oxygens (including phenoxy) is 1. The first-order valence-electron chi connectivity index (χ1n) is 9.86. The zero-order chi connectivity index (χ0) is 20.9. The van der Waals surface area contributed by atoms with Gasteiger partial charge in [0.25, 0.3) is 5.91 Å². The second-order valence-corrected chi connectivity index (χ2v) is 8.14. The van der Waals surface area contributed by atoms with Gasteiger partial charge in [0, 0.05) is 29.7 Å². The largest absolute Gasteiger partial charge is 0.444 e. The molecule has 0 aliphatic carbocycles. The third-order valence-corrected chi connectivity index (χ3v) is 4.64. The average molecular weight is 396 g/mol. The normalized spacial score (nSPS) is 17.4. The van der Waals surface area contributed by atoms with Crippen LogP contribution in [0.2, 0.25) is 0 Å². The fraction of sp³-hybridized carbons (Fsp3) is 0.409. The van der Waals surface area contributed by atoms with Gasteiger partial charge in [-0.25, -0.2) is 4.79 Å². The Kier molecular flexibility index (Phi) is 6.49. The summed E-state index contributed by atoms with van der Waals surface area (Å²) >= 11 is 0. The van der Waals surface area contributed by atoms with Gasteiger partial charge in [0.1, 0.15) is 5.60 Å². The first kappa shape index (κ1) is 20.8. The summed E-state index contributed by atoms with van der Waals surface area (Å²) in [5, 5.41) is 9.27. The lowest BCUT2D eigenvalue weighted by Gasteiger charge is -2.28. The molecule has 0 spiro atoms. The van der Waals surface area contributed by atoms with Crippen LogP contribution in [0.15, 0.2) is 48.8 Å². The van der Waals surface area contributed by atoms with Crippen LogP contribution >= 0.6 is 0 Å². The number of benzene rings is 1. The van der Waals surface area contributed by atoms with E-state index in [0.717, 1.165) is 24.9 Å². The van der Waals surface area contributed by atoms with Crippen LogP contribution in [0.25, 0.3) is 0 Å². The van der Waals surface area contributed by atoms with Crippen LogP contribution < -0.4 is 16.0 Å². The molecule has 2 atom stereocenters. The fourth-order valence-electron chi connectivity index (χ4n) is 3.33. The Morgan fingerprint density at radius 2 is 1.83 bits per heavy atom. The van der Waals surface area contributed by atoms with Crippen LogP contribution in [-0.2, 0) is 4.74 Å². The molecule has 29 heavy (non-hydrogen) atoms. The van der Waals surface area contributed by atoms with Crippen molar-refractivity contribution in [1.82, 2.24) is 15.6 Å². The predicted octanol–water partition coefficient (Wildman–Crippen LogP) is 3.65. The fourth-order valence-corrected chi connectivity index (χ4v) is 3.33. The molecule has 0 bridgehead atoms. The number of hydrogen-bond acceptors (Lipinski definition) is 5. The molecule has 1 saturated heterocycles. The topological polar surface area (TPSA) is 92.3 Å². The molecule has 3 N–H and O–H groups in total. The molecular formula is C22H28N4O3. The van der Waals surface area contributed by atoms with E-state index in [4.69, 9.17) is 4.74 Å². The highest BCUT2D eigenvalue weighted by Crippen LogP contribution is 2.24. The van der Waals surface area contributed by atoms with Crippen molar-refractivity contribution in [3.05, 3.63) is 59.9 Å². The van der Waals surface area contributed by atoms with Gasteiger partial charge in [0.05, 0.1) is 6.04 Å². The highest BCUT2D eigenvalue weighted by molar-refractivity contribution is 6.04. The van der Waals surface area contributed by atoms with E-state index < -0.39 is 11.7 Å². The number of alkyl carbamates (subject to hydrolysis) is 1. The highest BCUT2D eigenvalue weighted by atomic mass is 16.6. The molecule has 3 rings (SSSR count). The molecule has 1 aliphatic rings. The quantitative estimate of drug-likeness (QED) is 0.717. The monoisotopic (exact) mass is 396 g/mol. The van der Waals surface area contributed by atoms with Crippen LogP contribution in [0.3, 0.4) is 0 Å². The minimum absolute atomic E-state index is 0.124. The minimum Gasteiger partial charge on any atom is -0.444 e. The molecule has 1 aliphatic heterocycles. The standard InChI is InChI=1S/C22H28N4O3/c1-22(2,3)29-21(28)26-19(18-5-4-12-24-18)15-6-8-16(9-7-15)20(27)25-17-10-13-23-14-11-17/h6-11,13-14,18-19,24H,4-5,12H2,1-3H3,(H,26,28)(H,23,25,27). The summed E-state index contributed by atoms with van der Waals surface area (Å²) in [5.74, 6) is -0.196. The first-order chi connectivity index (χ1) is 13.8. The predicted molar refractivity (Wildman–Crippen MR) is 112 cm³/mol. The maximum atomic E-state index is 12.5. The number of nitrogens with zero attached hydrogens (tertiary/aromatic N) is 1. The van der Waals surface area contributed by atoms with E-state index >= 15 is 0 Å². The maximum absolute atomic E-state index is 12.5. The molecular weight excluding hydrogens is 368 g/mol. The van der Waals surface area contributed by atoms with Crippen LogP contribution in [0.1, 0.15) is 55.6 Å². The van der Waals surface area contributed by atoms with Gasteiger partial charge >= 0.3 is 6.09 Å². The van der Waals surface area contributed by atoms with Crippen molar-refractivity contribution >= 4 is 17.7 Å². The second kappa shape index (κ2) is 9.05. The lowest BCUT2D eigenvalue weighted by Crippen LogP contribution is -2.43. The molecule has 2 heterocycles. The first-order valence-corrected chi connectivity index (χ1v) is 9.86. The molecule has 2 amide bonds. The highest BCUT2D eigenvalue weighted by Gasteiger charge is 2.29. The minimum atomic E-state index is -0.563. The third-order valence-electron chi connectivity index (χ3n) is 4.64. The van der Waals surface area contributed by atoms with E-state index in [1.165, 1.54) is 0 Å². The molecule has 154 valence electrons. The van der Waals surface area contributed by atoms with Crippen molar-refractivity contribution in [1.29, 1.82) is 0 Å². The number of aromatic nitrogens is 1. The number of carbonyl (C=O) groups is 2. The molecule has 7 nitrogen and oxygen atoms in total. The van der Waals surface area contributed by atoms with E-state index in [0.29, 0.717) is 11.3 Å². The summed E-state index contributed by atoms with van der Waals surface area (Å²) in [6.45, 7) is 6.44. The lowest BCUT2D eigenvalue weighted by atomic mass is 9.97. The van der Waals surface area contributed by atoms with Crippen molar-refractivity contribution in [3.8, 4) is 0 Å². The summed E-state index contributed by atoms with van der Waals surface area (Å²) < 4.78 is 5.43. The van der Waals surface area contributed by atoms with E-state index in [-0.39, 0.29) is 18.0 Å². The summed E-state index contributed by atoms with van der Waals surface area (Å²) in [6, 6.07) is 10.7. The van der Waals surface area contributed by atoms with Gasteiger partial charge < -0.3 is 20.7 Å². The zero-order valence-corrected chi connectivity index (χ0v) is 17.1. The Balaban J connectivity index is 1.72. The van der Waals surface area contributed by atoms with Gasteiger partial charge in [-0.3, -0.25) is 9.78 Å². The zero-order valence-electron chi connectivity index (χ0n) is 17.1. The summed E-state index contributed by atoms with van der Waals surface area (Å²) in [7, 11) is 0. The van der Waals surface area contributed by atoms with Crippen LogP contribution in [-0.4, -0.2) is 35.2 Å². The smallest absolute Gasteiger partial charge is 0.408 e. The Hall–Kier alpha value is -2.93. The number of nitrogens with one attached hydrogen (secondary N) is 3. The van der Waals surface area contributed by atoms with Crippen molar-refractivity contribution in [2.75, 3.05) is 11.9 Å². The van der Waals surface area contributed by atoms with Gasteiger partial charge in [-0.1, -0.05) is 12.1 Å². The Bertz CT molecular complexity index is 825. The Labute approximate surface area is 171 Å². The molecule has 0 radical (unpaired) electrons. The lowest BCUT2D eigenvalue weighted by molar-refractivity contribution is 0.0493. The van der Waals surface area contributed by atoms with Crippen molar-refractivity contribution < 1.29 is 14.3 Å². The summed E-state index contributed by atoms with van der Waals surface area (Å²) in [4.78, 5) is 28.7. The average Bonchev–Trinajstić information content (AvgIpc) is 3.20. The molecule has 7 heteroatoms. The van der Waals surface area contributed by atoms with E-state index in [1.54, 1.807) is 36.7 Å². The van der Waals surface area contributed by atoms with E-state index in [9.17, 15) is 9.59 Å². The number of anilines is 1. The number of rotatable bonds is 5. The van der Waals surface area contributed by atoms with Gasteiger partial charge in [0.2, 0.25) is 0 Å². The van der Waals surface area contributed by atoms with Gasteiger partial charge in [0.15, 0.2) is 0 Å². The van der Waals surface area contributed by atoms with Crippen LogP contribution in [0.4, 0.5) is 10.5 Å². The molecule has 1 fully saturated rings. The van der Waals surface area contributed by atoms with Crippen LogP contribution in [0.5, 0.6) is 0 Å². The molecule has 0 saturated carbocycles. The van der Waals surface area contributed by atoms with Crippen molar-refractivity contribution in [3.63, 3.8) is 0 Å². The number of amides is 2. The maximum Gasteiger partial charge on any atom is 0.408 e. The third kappa shape index (κ3) is 6.02. The van der Waals surface area contributed by atoms with Gasteiger partial charge in [-0.15, -0.1) is 0 Å². The number of pyridine rings is 1. The van der Waals surface area contributed by atoms with E-state index in [1.807, 2.05) is 32.9 Å². The molecule has 1 aromatic carbocycles. The van der Waals surface area contributed by atoms with Crippen molar-refractivity contribution in [2.45, 2.75) is 51.3 Å². The summed E-state index contributed by atoms with van der Waals surface area (Å²) in [5.41, 5.74) is 1.59. The number of hydrogen-bond donors (Lipinski definition) is 3. The second-order valence-electron chi connectivity index (χ2n) is 8.14. The van der Waals surface area contributed by atoms with Gasteiger partial charge in [-0.2, -0.15) is 0 Å².